The number of rotatable bonds is 6. The molecule has 158 valence electrons. The molecule has 30 heavy (non-hydrogen) atoms. The molecule has 0 heterocycles. The van der Waals surface area contributed by atoms with Crippen molar-refractivity contribution >= 4 is 31.8 Å². The Balaban J connectivity index is 2.20. The van der Waals surface area contributed by atoms with Crippen molar-refractivity contribution in [1.82, 2.24) is 0 Å². The maximum atomic E-state index is 12.8. The van der Waals surface area contributed by atoms with Crippen molar-refractivity contribution in [2.45, 2.75) is 29.5 Å². The lowest BCUT2D eigenvalue weighted by atomic mass is 10.0. The van der Waals surface area contributed by atoms with Crippen LogP contribution in [0, 0.1) is 13.8 Å². The zero-order valence-electron chi connectivity index (χ0n) is 16.2. The molecule has 0 bridgehead atoms. The van der Waals surface area contributed by atoms with Crippen LogP contribution in [0.25, 0.3) is 11.1 Å². The van der Waals surface area contributed by atoms with E-state index in [1.165, 1.54) is 42.5 Å². The predicted octanol–water partition coefficient (Wildman–Crippen LogP) is 4.72. The second-order valence-electron chi connectivity index (χ2n) is 6.79. The minimum absolute atomic E-state index is 0.0467. The van der Waals surface area contributed by atoms with Gasteiger partial charge in [-0.2, -0.15) is 16.8 Å². The fourth-order valence-corrected chi connectivity index (χ4v) is 4.68. The smallest absolute Gasteiger partial charge is 0.339 e. The summed E-state index contributed by atoms with van der Waals surface area (Å²) >= 11 is 5.89. The molecule has 0 aliphatic rings. The van der Waals surface area contributed by atoms with Crippen LogP contribution in [0.15, 0.2) is 70.5 Å². The third kappa shape index (κ3) is 4.84. The van der Waals surface area contributed by atoms with Crippen molar-refractivity contribution in [3.8, 4) is 16.9 Å². The van der Waals surface area contributed by atoms with Crippen molar-refractivity contribution in [3.05, 3.63) is 77.4 Å². The molecule has 0 saturated carbocycles. The van der Waals surface area contributed by atoms with E-state index in [0.29, 0.717) is 11.1 Å². The summed E-state index contributed by atoms with van der Waals surface area (Å²) in [7, 11) is -8.76. The van der Waals surface area contributed by atoms with Gasteiger partial charge in [0.05, 0.1) is 0 Å². The standard InChI is InChI=1S/C21H19ClO6S2/c1-14-3-7-17(8-4-14)30(26,27)28-20-12-16(13-22)6-9-18(20)19-11-15(2)5-10-21(19)29(23,24)25/h3-12H,13H2,1-2H3,(H,23,24,25). The molecule has 0 spiro atoms. The zero-order valence-corrected chi connectivity index (χ0v) is 18.6. The highest BCUT2D eigenvalue weighted by Crippen LogP contribution is 2.37. The molecule has 0 unspecified atom stereocenters. The average molecular weight is 467 g/mol. The van der Waals surface area contributed by atoms with E-state index in [0.717, 1.165) is 5.56 Å². The van der Waals surface area contributed by atoms with Gasteiger partial charge in [-0.1, -0.05) is 41.5 Å². The molecular weight excluding hydrogens is 448 g/mol. The molecule has 1 N–H and O–H groups in total. The topological polar surface area (TPSA) is 97.7 Å². The molecule has 0 fully saturated rings. The monoisotopic (exact) mass is 466 g/mol. The van der Waals surface area contributed by atoms with E-state index in [-0.39, 0.29) is 32.5 Å². The van der Waals surface area contributed by atoms with Crippen LogP contribution in [0.5, 0.6) is 5.75 Å². The molecular formula is C21H19ClO6S2. The number of hydrogen-bond donors (Lipinski definition) is 1. The minimum atomic E-state index is -4.56. The largest absolute Gasteiger partial charge is 0.378 e. The van der Waals surface area contributed by atoms with E-state index >= 15 is 0 Å². The highest BCUT2D eigenvalue weighted by atomic mass is 35.5. The first-order valence-corrected chi connectivity index (χ1v) is 12.2. The number of halogens is 1. The van der Waals surface area contributed by atoms with Gasteiger partial charge in [0.15, 0.2) is 5.75 Å². The van der Waals surface area contributed by atoms with E-state index in [1.54, 1.807) is 25.1 Å². The first kappa shape index (κ1) is 22.3. The summed E-state index contributed by atoms with van der Waals surface area (Å²) in [5.41, 5.74) is 2.49. The van der Waals surface area contributed by atoms with Gasteiger partial charge in [0.25, 0.3) is 10.1 Å². The van der Waals surface area contributed by atoms with Crippen molar-refractivity contribution in [1.29, 1.82) is 0 Å². The molecule has 6 nitrogen and oxygen atoms in total. The number of alkyl halides is 1. The molecule has 9 heteroatoms. The van der Waals surface area contributed by atoms with Crippen LogP contribution in [0.3, 0.4) is 0 Å². The summed E-state index contributed by atoms with van der Waals surface area (Å²) in [6.45, 7) is 3.57. The van der Waals surface area contributed by atoms with E-state index in [1.807, 2.05) is 6.92 Å². The predicted molar refractivity (Wildman–Crippen MR) is 115 cm³/mol. The lowest BCUT2D eigenvalue weighted by molar-refractivity contribution is 0.483. The first-order valence-electron chi connectivity index (χ1n) is 8.80. The van der Waals surface area contributed by atoms with Crippen molar-refractivity contribution < 1.29 is 25.6 Å². The lowest BCUT2D eigenvalue weighted by Gasteiger charge is -2.15. The molecule has 3 aromatic carbocycles. The second-order valence-corrected chi connectivity index (χ2v) is 9.99. The Bertz CT molecular complexity index is 1300. The summed E-state index contributed by atoms with van der Waals surface area (Å²) in [5, 5.41) is 0. The van der Waals surface area contributed by atoms with Gasteiger partial charge >= 0.3 is 10.1 Å². The van der Waals surface area contributed by atoms with Gasteiger partial charge < -0.3 is 4.18 Å². The summed E-state index contributed by atoms with van der Waals surface area (Å²) < 4.78 is 64.5. The third-order valence-electron chi connectivity index (χ3n) is 4.41. The highest BCUT2D eigenvalue weighted by molar-refractivity contribution is 7.87. The molecule has 3 rings (SSSR count). The Morgan fingerprint density at radius 3 is 2.07 bits per heavy atom. The Kier molecular flexibility index (Phi) is 6.24. The van der Waals surface area contributed by atoms with Gasteiger partial charge in [-0.05, 0) is 49.7 Å². The van der Waals surface area contributed by atoms with E-state index in [4.69, 9.17) is 15.8 Å². The second kappa shape index (κ2) is 8.39. The molecule has 0 radical (unpaired) electrons. The van der Waals surface area contributed by atoms with Crippen LogP contribution >= 0.6 is 11.6 Å². The van der Waals surface area contributed by atoms with Gasteiger partial charge in [0, 0.05) is 17.0 Å². The van der Waals surface area contributed by atoms with Crippen molar-refractivity contribution in [3.63, 3.8) is 0 Å². The quantitative estimate of drug-likeness (QED) is 0.320. The van der Waals surface area contributed by atoms with Crippen LogP contribution in [0.2, 0.25) is 0 Å². The number of aryl methyl sites for hydroxylation is 2. The number of benzene rings is 3. The van der Waals surface area contributed by atoms with E-state index in [9.17, 15) is 21.4 Å². The molecule has 0 atom stereocenters. The maximum Gasteiger partial charge on any atom is 0.339 e. The third-order valence-corrected chi connectivity index (χ3v) is 6.88. The van der Waals surface area contributed by atoms with E-state index < -0.39 is 20.2 Å². The van der Waals surface area contributed by atoms with Gasteiger partial charge in [-0.25, -0.2) is 0 Å². The van der Waals surface area contributed by atoms with Crippen molar-refractivity contribution in [2.24, 2.45) is 0 Å². The molecule has 0 aliphatic heterocycles. The Hall–Kier alpha value is -2.39. The fraction of sp³-hybridized carbons (Fsp3) is 0.143. The van der Waals surface area contributed by atoms with E-state index in [2.05, 4.69) is 0 Å². The SMILES string of the molecule is Cc1ccc(S(=O)(=O)Oc2cc(CCl)ccc2-c2cc(C)ccc2S(=O)(=O)O)cc1. The Morgan fingerprint density at radius 1 is 0.833 bits per heavy atom. The van der Waals surface area contributed by atoms with Gasteiger partial charge in [0.1, 0.15) is 9.79 Å². The zero-order chi connectivity index (χ0) is 22.1. The van der Waals surface area contributed by atoms with Gasteiger partial charge in [-0.15, -0.1) is 11.6 Å². The summed E-state index contributed by atoms with van der Waals surface area (Å²) in [5.74, 6) is 0.00410. The summed E-state index contributed by atoms with van der Waals surface area (Å²) in [4.78, 5) is -0.404. The molecule has 0 saturated heterocycles. The summed E-state index contributed by atoms with van der Waals surface area (Å²) in [6.07, 6.45) is 0. The number of hydrogen-bond acceptors (Lipinski definition) is 5. The Morgan fingerprint density at radius 2 is 1.47 bits per heavy atom. The van der Waals surface area contributed by atoms with Gasteiger partial charge in [0.2, 0.25) is 0 Å². The molecule has 3 aromatic rings. The van der Waals surface area contributed by atoms with Gasteiger partial charge in [-0.3, -0.25) is 4.55 Å². The molecule has 0 aromatic heterocycles. The fourth-order valence-electron chi connectivity index (χ4n) is 2.89. The molecule has 0 aliphatic carbocycles. The average Bonchev–Trinajstić information content (AvgIpc) is 2.67. The van der Waals surface area contributed by atoms with Crippen molar-refractivity contribution in [2.75, 3.05) is 0 Å². The maximum absolute atomic E-state index is 12.8. The molecule has 0 amide bonds. The highest BCUT2D eigenvalue weighted by Gasteiger charge is 2.23. The Labute approximate surface area is 181 Å². The van der Waals surface area contributed by atoms with Crippen LogP contribution in [0.4, 0.5) is 0 Å². The van der Waals surface area contributed by atoms with Crippen LogP contribution in [0.1, 0.15) is 16.7 Å². The lowest BCUT2D eigenvalue weighted by Crippen LogP contribution is -2.11. The minimum Gasteiger partial charge on any atom is -0.378 e. The van der Waals surface area contributed by atoms with Crippen LogP contribution < -0.4 is 4.18 Å². The summed E-state index contributed by atoms with van der Waals surface area (Å²) in [6, 6.07) is 15.0. The first-order chi connectivity index (χ1) is 14.0. The van der Waals surface area contributed by atoms with Crippen LogP contribution in [-0.2, 0) is 26.1 Å². The van der Waals surface area contributed by atoms with Crippen LogP contribution in [-0.4, -0.2) is 21.4 Å². The normalized spacial score (nSPS) is 12.0.